The summed E-state index contributed by atoms with van der Waals surface area (Å²) >= 11 is 1.01. The number of nitrogens with zero attached hydrogens (tertiary/aromatic N) is 4. The molecular formula is C21H18F3N5O3S. The van der Waals surface area contributed by atoms with Gasteiger partial charge >= 0.3 is 12.2 Å². The molecule has 2 atom stereocenters. The first-order chi connectivity index (χ1) is 15.6. The van der Waals surface area contributed by atoms with Gasteiger partial charge in [-0.25, -0.2) is 23.5 Å². The summed E-state index contributed by atoms with van der Waals surface area (Å²) in [5.74, 6) is -1.17. The number of thioether (sulfide) groups is 1. The van der Waals surface area contributed by atoms with Crippen molar-refractivity contribution in [2.75, 3.05) is 0 Å². The van der Waals surface area contributed by atoms with E-state index in [4.69, 9.17) is 4.52 Å². The normalized spacial score (nSPS) is 20.4. The van der Waals surface area contributed by atoms with Gasteiger partial charge in [-0.1, -0.05) is 16.9 Å². The Bertz CT molecular complexity index is 1250. The van der Waals surface area contributed by atoms with Gasteiger partial charge in [0.15, 0.2) is 5.17 Å². The van der Waals surface area contributed by atoms with Crippen LogP contribution in [-0.2, 0) is 4.75 Å². The van der Waals surface area contributed by atoms with E-state index in [-0.39, 0.29) is 28.3 Å². The van der Waals surface area contributed by atoms with Crippen molar-refractivity contribution in [2.45, 2.75) is 38.0 Å². The highest BCUT2D eigenvalue weighted by Crippen LogP contribution is 2.50. The number of carboxylic acid groups (broad SMARTS) is 1. The fourth-order valence-corrected chi connectivity index (χ4v) is 5.16. The Morgan fingerprint density at radius 2 is 1.91 bits per heavy atom. The van der Waals surface area contributed by atoms with Gasteiger partial charge in [-0.2, -0.15) is 4.39 Å². The zero-order chi connectivity index (χ0) is 23.9. The highest BCUT2D eigenvalue weighted by atomic mass is 32.2. The summed E-state index contributed by atoms with van der Waals surface area (Å²) in [5, 5.41) is 15.5. The predicted molar refractivity (Wildman–Crippen MR) is 114 cm³/mol. The van der Waals surface area contributed by atoms with Crippen LogP contribution in [0.25, 0.3) is 11.1 Å². The Labute approximate surface area is 190 Å². The first-order valence-corrected chi connectivity index (χ1v) is 10.6. The van der Waals surface area contributed by atoms with Crippen molar-refractivity contribution < 1.29 is 27.6 Å². The summed E-state index contributed by atoms with van der Waals surface area (Å²) in [4.78, 5) is 22.7. The van der Waals surface area contributed by atoms with Crippen molar-refractivity contribution in [3.05, 3.63) is 64.8 Å². The number of hydrogen-bond acceptors (Lipinski definition) is 7. The lowest BCUT2D eigenvalue weighted by Gasteiger charge is -2.36. The van der Waals surface area contributed by atoms with Crippen LogP contribution in [0.5, 0.6) is 0 Å². The topological polar surface area (TPSA) is 114 Å². The first-order valence-electron chi connectivity index (χ1n) is 9.74. The quantitative estimate of drug-likeness (QED) is 0.517. The van der Waals surface area contributed by atoms with Crippen LogP contribution >= 0.6 is 11.8 Å². The summed E-state index contributed by atoms with van der Waals surface area (Å²) in [5.41, 5.74) is 1.51. The van der Waals surface area contributed by atoms with E-state index >= 15 is 4.39 Å². The molecular weight excluding hydrogens is 459 g/mol. The van der Waals surface area contributed by atoms with E-state index in [0.717, 1.165) is 30.2 Å². The molecule has 0 bridgehead atoms. The summed E-state index contributed by atoms with van der Waals surface area (Å²) < 4.78 is 47.0. The molecule has 2 N–H and O–H groups in total. The summed E-state index contributed by atoms with van der Waals surface area (Å²) in [6.45, 7) is 5.15. The minimum atomic E-state index is -1.33. The third-order valence-corrected chi connectivity index (χ3v) is 6.61. The van der Waals surface area contributed by atoms with Crippen molar-refractivity contribution in [1.29, 1.82) is 0 Å². The van der Waals surface area contributed by atoms with E-state index in [1.165, 1.54) is 6.07 Å². The minimum absolute atomic E-state index is 0.0163. The Morgan fingerprint density at radius 1 is 1.21 bits per heavy atom. The van der Waals surface area contributed by atoms with Gasteiger partial charge in [-0.05, 0) is 33.3 Å². The van der Waals surface area contributed by atoms with Gasteiger partial charge in [0, 0.05) is 40.7 Å². The fourth-order valence-electron chi connectivity index (χ4n) is 3.91. The molecule has 0 saturated heterocycles. The molecule has 0 saturated carbocycles. The predicted octanol–water partition coefficient (Wildman–Crippen LogP) is 4.88. The first kappa shape index (κ1) is 22.8. The number of aromatic nitrogens is 3. The van der Waals surface area contributed by atoms with Gasteiger partial charge in [0.25, 0.3) is 0 Å². The highest BCUT2D eigenvalue weighted by Gasteiger charge is 2.41. The Morgan fingerprint density at radius 3 is 2.52 bits per heavy atom. The van der Waals surface area contributed by atoms with Crippen LogP contribution in [0.15, 0.2) is 34.0 Å². The smallest absolute Gasteiger partial charge is 0.410 e. The lowest BCUT2D eigenvalue weighted by atomic mass is 9.87. The molecule has 1 aliphatic rings. The molecule has 33 heavy (non-hydrogen) atoms. The molecule has 8 nitrogen and oxygen atoms in total. The van der Waals surface area contributed by atoms with Crippen molar-refractivity contribution in [1.82, 2.24) is 20.4 Å². The third kappa shape index (κ3) is 4.42. The Balaban J connectivity index is 1.83. The molecule has 0 spiro atoms. The maximum Gasteiger partial charge on any atom is 0.410 e. The lowest BCUT2D eigenvalue weighted by molar-refractivity contribution is 0.200. The number of halogens is 3. The van der Waals surface area contributed by atoms with Crippen LogP contribution in [0, 0.1) is 31.6 Å². The molecule has 4 rings (SSSR count). The molecule has 2 unspecified atom stereocenters. The van der Waals surface area contributed by atoms with Crippen LogP contribution in [0.3, 0.4) is 0 Å². The van der Waals surface area contributed by atoms with Crippen LogP contribution in [0.1, 0.15) is 42.0 Å². The summed E-state index contributed by atoms with van der Waals surface area (Å²) in [6, 6.07) is 1.45. The van der Waals surface area contributed by atoms with E-state index in [9.17, 15) is 18.7 Å². The van der Waals surface area contributed by atoms with Gasteiger partial charge < -0.3 is 9.63 Å². The standard InChI is InChI=1S/C21H18F3N5O3S/c1-9-17(10(2)32-29-9)16-6-21(3,33-19(27-16)28-20(30)31)13-4-12(14(22)5-15(13)23)11-7-25-18(24)26-8-11/h4-5,7-8,16H,6H2,1-3H3,(H,27,28)(H,30,31). The van der Waals surface area contributed by atoms with Crippen LogP contribution < -0.4 is 5.32 Å². The minimum Gasteiger partial charge on any atom is -0.465 e. The molecule has 0 aliphatic carbocycles. The Kier molecular flexibility index (Phi) is 5.87. The van der Waals surface area contributed by atoms with Gasteiger partial charge in [0.05, 0.1) is 16.5 Å². The van der Waals surface area contributed by atoms with Crippen molar-refractivity contribution in [2.24, 2.45) is 4.99 Å². The summed E-state index contributed by atoms with van der Waals surface area (Å²) in [7, 11) is 0. The van der Waals surface area contributed by atoms with Crippen LogP contribution in [-0.4, -0.2) is 31.5 Å². The van der Waals surface area contributed by atoms with Crippen molar-refractivity contribution in [3.63, 3.8) is 0 Å². The maximum absolute atomic E-state index is 15.1. The molecule has 3 heterocycles. The summed E-state index contributed by atoms with van der Waals surface area (Å²) in [6.07, 6.45) is 0.146. The Hall–Kier alpha value is -3.41. The number of amides is 1. The van der Waals surface area contributed by atoms with E-state index in [2.05, 4.69) is 25.4 Å². The van der Waals surface area contributed by atoms with E-state index in [1.807, 2.05) is 0 Å². The zero-order valence-corrected chi connectivity index (χ0v) is 18.5. The number of hydrogen-bond donors (Lipinski definition) is 2. The van der Waals surface area contributed by atoms with E-state index < -0.39 is 34.6 Å². The maximum atomic E-state index is 15.1. The lowest BCUT2D eigenvalue weighted by Crippen LogP contribution is -2.36. The highest BCUT2D eigenvalue weighted by molar-refractivity contribution is 8.14. The molecule has 3 aromatic rings. The molecule has 2 aromatic heterocycles. The van der Waals surface area contributed by atoms with Crippen LogP contribution in [0.4, 0.5) is 18.0 Å². The molecule has 0 fully saturated rings. The molecule has 1 aliphatic heterocycles. The van der Waals surface area contributed by atoms with E-state index in [0.29, 0.717) is 17.0 Å². The second-order valence-electron chi connectivity index (χ2n) is 7.71. The molecule has 1 aromatic carbocycles. The van der Waals surface area contributed by atoms with Crippen molar-refractivity contribution >= 4 is 23.0 Å². The average molecular weight is 477 g/mol. The van der Waals surface area contributed by atoms with Gasteiger partial charge in [0.1, 0.15) is 17.4 Å². The number of aryl methyl sites for hydroxylation is 2. The fraction of sp³-hybridized carbons (Fsp3) is 0.286. The number of aliphatic imine (C=N–C) groups is 1. The van der Waals surface area contributed by atoms with Crippen molar-refractivity contribution in [3.8, 4) is 11.1 Å². The second kappa shape index (κ2) is 8.50. The van der Waals surface area contributed by atoms with Gasteiger partial charge in [-0.15, -0.1) is 0 Å². The van der Waals surface area contributed by atoms with Gasteiger partial charge in [-0.3, -0.25) is 10.3 Å². The molecule has 0 radical (unpaired) electrons. The number of carbonyl (C=O) groups is 1. The number of benzene rings is 1. The average Bonchev–Trinajstić information content (AvgIpc) is 3.06. The number of rotatable bonds is 3. The molecule has 172 valence electrons. The molecule has 1 amide bonds. The SMILES string of the molecule is Cc1noc(C)c1C1CC(C)(c2cc(-c3cnc(F)nc3)c(F)cc2F)SC(NC(=O)O)=N1. The van der Waals surface area contributed by atoms with Gasteiger partial charge in [0.2, 0.25) is 0 Å². The second-order valence-corrected chi connectivity index (χ2v) is 9.20. The monoisotopic (exact) mass is 477 g/mol. The number of nitrogens with one attached hydrogen (secondary N) is 1. The van der Waals surface area contributed by atoms with Crippen LogP contribution in [0.2, 0.25) is 0 Å². The molecule has 12 heteroatoms. The largest absolute Gasteiger partial charge is 0.465 e. The zero-order valence-electron chi connectivity index (χ0n) is 17.7. The third-order valence-electron chi connectivity index (χ3n) is 5.37. The van der Waals surface area contributed by atoms with E-state index in [1.54, 1.807) is 20.8 Å². The number of amidine groups is 1.